The number of hydrogen-bond donors (Lipinski definition) is 3. The molecule has 1 aliphatic heterocycles. The molecule has 9 nitrogen and oxygen atoms in total. The standard InChI is InChI=1S/C29H32FN5O4/c30-25-16-23(8-9-26(25)33-29(38)32-17-20-6-7-20)28(37)35-12-10-34(11-13-35)19-21-3-1-4-22(15-21)27(36)31-18-24-5-2-14-39-24/h1-5,8-9,14-16,20H,6-7,10-13,17-19H2,(H,31,36)(H2,32,33,38). The van der Waals surface area contributed by atoms with Crippen molar-refractivity contribution in [3.63, 3.8) is 0 Å². The van der Waals surface area contributed by atoms with Crippen LogP contribution in [0.5, 0.6) is 0 Å². The van der Waals surface area contributed by atoms with Crippen molar-refractivity contribution in [1.29, 1.82) is 0 Å². The first-order chi connectivity index (χ1) is 18.9. The summed E-state index contributed by atoms with van der Waals surface area (Å²) in [6.45, 7) is 3.89. The van der Waals surface area contributed by atoms with Crippen LogP contribution in [0.4, 0.5) is 14.9 Å². The molecule has 3 aromatic rings. The lowest BCUT2D eigenvalue weighted by molar-refractivity contribution is 0.0627. The summed E-state index contributed by atoms with van der Waals surface area (Å²) in [7, 11) is 0. The van der Waals surface area contributed by atoms with Gasteiger partial charge in [-0.25, -0.2) is 9.18 Å². The molecule has 1 saturated carbocycles. The zero-order valence-corrected chi connectivity index (χ0v) is 21.6. The van der Waals surface area contributed by atoms with Gasteiger partial charge in [0.05, 0.1) is 18.5 Å². The van der Waals surface area contributed by atoms with Crippen LogP contribution in [0.15, 0.2) is 65.3 Å². The molecule has 0 atom stereocenters. The van der Waals surface area contributed by atoms with Gasteiger partial charge in [-0.2, -0.15) is 0 Å². The van der Waals surface area contributed by atoms with E-state index < -0.39 is 11.8 Å². The first kappa shape index (κ1) is 26.4. The second-order valence-corrected chi connectivity index (χ2v) is 10.0. The Morgan fingerprint density at radius 1 is 0.923 bits per heavy atom. The van der Waals surface area contributed by atoms with E-state index in [1.54, 1.807) is 29.4 Å². The Labute approximate surface area is 226 Å². The van der Waals surface area contributed by atoms with Gasteiger partial charge in [0.25, 0.3) is 11.8 Å². The van der Waals surface area contributed by atoms with E-state index in [9.17, 15) is 18.8 Å². The molecular formula is C29H32FN5O4. The predicted molar refractivity (Wildman–Crippen MR) is 144 cm³/mol. The van der Waals surface area contributed by atoms with E-state index in [0.717, 1.165) is 18.4 Å². The Morgan fingerprint density at radius 3 is 2.46 bits per heavy atom. The number of anilines is 1. The zero-order chi connectivity index (χ0) is 27.2. The van der Waals surface area contributed by atoms with Gasteiger partial charge in [-0.05, 0) is 66.8 Å². The summed E-state index contributed by atoms with van der Waals surface area (Å²) in [5.41, 5.74) is 1.87. The molecule has 0 unspecified atom stereocenters. The first-order valence-electron chi connectivity index (χ1n) is 13.2. The molecule has 2 fully saturated rings. The Morgan fingerprint density at radius 2 is 1.74 bits per heavy atom. The van der Waals surface area contributed by atoms with Gasteiger partial charge in [0, 0.05) is 50.4 Å². The van der Waals surface area contributed by atoms with Crippen LogP contribution in [-0.2, 0) is 13.1 Å². The van der Waals surface area contributed by atoms with Crippen molar-refractivity contribution in [2.24, 2.45) is 5.92 Å². The minimum atomic E-state index is -0.644. The minimum Gasteiger partial charge on any atom is -0.467 e. The number of furan rings is 1. The summed E-state index contributed by atoms with van der Waals surface area (Å²) >= 11 is 0. The molecule has 39 heavy (non-hydrogen) atoms. The third-order valence-electron chi connectivity index (χ3n) is 6.97. The van der Waals surface area contributed by atoms with Crippen LogP contribution < -0.4 is 16.0 Å². The molecule has 1 aromatic heterocycles. The van der Waals surface area contributed by atoms with Crippen LogP contribution in [0, 0.1) is 11.7 Å². The summed E-state index contributed by atoms with van der Waals surface area (Å²) < 4.78 is 19.9. The highest BCUT2D eigenvalue weighted by atomic mass is 19.1. The second-order valence-electron chi connectivity index (χ2n) is 10.0. The predicted octanol–water partition coefficient (Wildman–Crippen LogP) is 3.84. The number of hydrogen-bond acceptors (Lipinski definition) is 5. The van der Waals surface area contributed by atoms with Crippen molar-refractivity contribution >= 4 is 23.5 Å². The van der Waals surface area contributed by atoms with Crippen LogP contribution in [0.25, 0.3) is 0 Å². The normalized spacial score (nSPS) is 15.6. The van der Waals surface area contributed by atoms with Crippen LogP contribution in [-0.4, -0.2) is 60.4 Å². The summed E-state index contributed by atoms with van der Waals surface area (Å²) in [5.74, 6) is 0.156. The van der Waals surface area contributed by atoms with E-state index in [1.807, 2.05) is 18.2 Å². The Balaban J connectivity index is 1.09. The van der Waals surface area contributed by atoms with Crippen LogP contribution >= 0.6 is 0 Å². The number of rotatable bonds is 9. The smallest absolute Gasteiger partial charge is 0.319 e. The molecule has 1 aliphatic carbocycles. The molecule has 1 saturated heterocycles. The number of nitrogens with one attached hydrogen (secondary N) is 3. The molecule has 2 aliphatic rings. The maximum atomic E-state index is 14.6. The first-order valence-corrected chi connectivity index (χ1v) is 13.2. The van der Waals surface area contributed by atoms with Gasteiger partial charge in [-0.3, -0.25) is 14.5 Å². The molecule has 2 heterocycles. The van der Waals surface area contributed by atoms with E-state index in [-0.39, 0.29) is 23.1 Å². The second kappa shape index (κ2) is 12.1. The van der Waals surface area contributed by atoms with Crippen molar-refractivity contribution in [2.45, 2.75) is 25.9 Å². The van der Waals surface area contributed by atoms with Crippen molar-refractivity contribution in [2.75, 3.05) is 38.0 Å². The van der Waals surface area contributed by atoms with E-state index in [0.29, 0.717) is 63.1 Å². The molecular weight excluding hydrogens is 501 g/mol. The third kappa shape index (κ3) is 7.23. The highest BCUT2D eigenvalue weighted by Gasteiger charge is 2.24. The Hall–Kier alpha value is -4.18. The maximum absolute atomic E-state index is 14.6. The highest BCUT2D eigenvalue weighted by molar-refractivity contribution is 5.96. The SMILES string of the molecule is O=C(NCC1CC1)Nc1ccc(C(=O)N2CCN(Cc3cccc(C(=O)NCc4ccco4)c3)CC2)cc1F. The fourth-order valence-electron chi connectivity index (χ4n) is 4.52. The van der Waals surface area contributed by atoms with E-state index in [1.165, 1.54) is 18.2 Å². The number of urea groups is 1. The number of carbonyl (C=O) groups is 3. The molecule has 5 rings (SSSR count). The van der Waals surface area contributed by atoms with Crippen molar-refractivity contribution in [3.8, 4) is 0 Å². The third-order valence-corrected chi connectivity index (χ3v) is 6.97. The molecule has 204 valence electrons. The van der Waals surface area contributed by atoms with Crippen LogP contribution in [0.3, 0.4) is 0 Å². The average Bonchev–Trinajstić information content (AvgIpc) is 3.64. The monoisotopic (exact) mass is 533 g/mol. The topological polar surface area (TPSA) is 107 Å². The van der Waals surface area contributed by atoms with Crippen molar-refractivity contribution in [1.82, 2.24) is 20.4 Å². The fourth-order valence-corrected chi connectivity index (χ4v) is 4.52. The van der Waals surface area contributed by atoms with Gasteiger partial charge < -0.3 is 25.3 Å². The van der Waals surface area contributed by atoms with Gasteiger partial charge in [0.1, 0.15) is 11.6 Å². The molecule has 0 spiro atoms. The van der Waals surface area contributed by atoms with E-state index in [4.69, 9.17) is 4.42 Å². The van der Waals surface area contributed by atoms with Crippen molar-refractivity contribution in [3.05, 3.63) is 89.1 Å². The largest absolute Gasteiger partial charge is 0.467 e. The van der Waals surface area contributed by atoms with Gasteiger partial charge in [-0.15, -0.1) is 0 Å². The van der Waals surface area contributed by atoms with Crippen LogP contribution in [0.2, 0.25) is 0 Å². The molecule has 10 heteroatoms. The van der Waals surface area contributed by atoms with Crippen LogP contribution in [0.1, 0.15) is 44.9 Å². The number of piperazine rings is 1. The summed E-state index contributed by atoms with van der Waals surface area (Å²) in [6.07, 6.45) is 3.79. The lowest BCUT2D eigenvalue weighted by atomic mass is 10.1. The number of nitrogens with zero attached hydrogens (tertiary/aromatic N) is 2. The van der Waals surface area contributed by atoms with Gasteiger partial charge in [-0.1, -0.05) is 12.1 Å². The lowest BCUT2D eigenvalue weighted by Gasteiger charge is -2.35. The molecule has 4 amide bonds. The molecule has 2 aromatic carbocycles. The lowest BCUT2D eigenvalue weighted by Crippen LogP contribution is -2.48. The van der Waals surface area contributed by atoms with E-state index >= 15 is 0 Å². The summed E-state index contributed by atoms with van der Waals surface area (Å²) in [6, 6.07) is 14.8. The zero-order valence-electron chi connectivity index (χ0n) is 21.6. The van der Waals surface area contributed by atoms with Gasteiger partial charge in [0.2, 0.25) is 0 Å². The Kier molecular flexibility index (Phi) is 8.21. The highest BCUT2D eigenvalue weighted by Crippen LogP contribution is 2.27. The number of benzene rings is 2. The number of carbonyl (C=O) groups excluding carboxylic acids is 3. The number of halogens is 1. The van der Waals surface area contributed by atoms with Crippen molar-refractivity contribution < 1.29 is 23.2 Å². The van der Waals surface area contributed by atoms with Gasteiger partial charge in [0.15, 0.2) is 0 Å². The fraction of sp³-hybridized carbons (Fsp3) is 0.345. The quantitative estimate of drug-likeness (QED) is 0.388. The van der Waals surface area contributed by atoms with Gasteiger partial charge >= 0.3 is 6.03 Å². The maximum Gasteiger partial charge on any atom is 0.319 e. The number of amides is 4. The Bertz CT molecular complexity index is 1320. The minimum absolute atomic E-state index is 0.0431. The summed E-state index contributed by atoms with van der Waals surface area (Å²) in [4.78, 5) is 41.4. The average molecular weight is 534 g/mol. The summed E-state index contributed by atoms with van der Waals surface area (Å²) in [5, 5.41) is 8.09. The molecule has 0 radical (unpaired) electrons. The molecule has 0 bridgehead atoms. The van der Waals surface area contributed by atoms with E-state index in [2.05, 4.69) is 20.9 Å². The molecule has 3 N–H and O–H groups in total.